The number of aliphatic carboxylic acids is 1. The molecule has 0 aromatic carbocycles. The Balaban J connectivity index is 1.52. The second-order valence-corrected chi connectivity index (χ2v) is 4.81. The second-order valence-electron chi connectivity index (χ2n) is 4.81. The molecule has 0 aliphatic heterocycles. The van der Waals surface area contributed by atoms with E-state index in [9.17, 15) is 4.79 Å². The highest BCUT2D eigenvalue weighted by Crippen LogP contribution is 2.60. The quantitative estimate of drug-likeness (QED) is 0.610. The maximum absolute atomic E-state index is 10.3. The Morgan fingerprint density at radius 3 is 2.64 bits per heavy atom. The Morgan fingerprint density at radius 2 is 2.14 bits per heavy atom. The van der Waals surface area contributed by atoms with Crippen molar-refractivity contribution in [1.29, 1.82) is 0 Å². The van der Waals surface area contributed by atoms with Gasteiger partial charge in [0.1, 0.15) is 0 Å². The number of carbonyl (C=O) groups is 1. The number of nitrogens with one attached hydrogen (secondary N) is 1. The van der Waals surface area contributed by atoms with E-state index in [4.69, 9.17) is 5.11 Å². The van der Waals surface area contributed by atoms with E-state index in [1.54, 1.807) is 0 Å². The predicted octanol–water partition coefficient (Wildman–Crippen LogP) is 1.63. The fourth-order valence-corrected chi connectivity index (χ4v) is 2.29. The van der Waals surface area contributed by atoms with Gasteiger partial charge in [0.15, 0.2) is 0 Å². The van der Waals surface area contributed by atoms with E-state index in [0.29, 0.717) is 11.8 Å². The van der Waals surface area contributed by atoms with E-state index in [1.807, 2.05) is 0 Å². The first-order valence-corrected chi connectivity index (χ1v) is 5.65. The molecule has 0 radical (unpaired) electrons. The molecule has 14 heavy (non-hydrogen) atoms. The van der Waals surface area contributed by atoms with Crippen LogP contribution < -0.4 is 5.32 Å². The van der Waals surface area contributed by atoms with Crippen molar-refractivity contribution in [3.05, 3.63) is 0 Å². The molecule has 2 saturated carbocycles. The molecule has 0 amide bonds. The van der Waals surface area contributed by atoms with Crippen molar-refractivity contribution < 1.29 is 9.90 Å². The van der Waals surface area contributed by atoms with Crippen LogP contribution >= 0.6 is 0 Å². The lowest BCUT2D eigenvalue weighted by molar-refractivity contribution is -0.137. The van der Waals surface area contributed by atoms with Gasteiger partial charge >= 0.3 is 5.97 Å². The summed E-state index contributed by atoms with van der Waals surface area (Å²) in [6.45, 7) is 1.98. The van der Waals surface area contributed by atoms with Gasteiger partial charge in [0.25, 0.3) is 0 Å². The van der Waals surface area contributed by atoms with Crippen LogP contribution in [0.5, 0.6) is 0 Å². The summed E-state index contributed by atoms with van der Waals surface area (Å²) in [6, 6.07) is 0. The summed E-state index contributed by atoms with van der Waals surface area (Å²) in [5, 5.41) is 11.9. The first-order valence-electron chi connectivity index (χ1n) is 5.65. The third-order valence-corrected chi connectivity index (χ3v) is 3.56. The Kier molecular flexibility index (Phi) is 2.77. The maximum Gasteiger partial charge on any atom is 0.303 e. The minimum absolute atomic E-state index is 0.295. The summed E-state index contributed by atoms with van der Waals surface area (Å²) >= 11 is 0. The average molecular weight is 197 g/mol. The minimum Gasteiger partial charge on any atom is -0.481 e. The van der Waals surface area contributed by atoms with E-state index in [0.717, 1.165) is 25.4 Å². The van der Waals surface area contributed by atoms with Gasteiger partial charge in [-0.1, -0.05) is 0 Å². The number of rotatable bonds is 7. The monoisotopic (exact) mass is 197 g/mol. The highest BCUT2D eigenvalue weighted by Gasteiger charge is 2.52. The van der Waals surface area contributed by atoms with Gasteiger partial charge < -0.3 is 10.4 Å². The molecule has 80 valence electrons. The molecule has 3 nitrogen and oxygen atoms in total. The van der Waals surface area contributed by atoms with Gasteiger partial charge in [0, 0.05) is 13.0 Å². The zero-order chi connectivity index (χ0) is 10.0. The van der Waals surface area contributed by atoms with E-state index in [-0.39, 0.29) is 0 Å². The molecule has 0 aromatic rings. The van der Waals surface area contributed by atoms with Crippen molar-refractivity contribution in [2.45, 2.75) is 38.5 Å². The SMILES string of the molecule is O=C(O)CCCNCC1(C2CC2)CC1. The third-order valence-electron chi connectivity index (χ3n) is 3.56. The van der Waals surface area contributed by atoms with Crippen LogP contribution in [0.3, 0.4) is 0 Å². The molecule has 2 fully saturated rings. The lowest BCUT2D eigenvalue weighted by Crippen LogP contribution is -2.26. The molecule has 2 N–H and O–H groups in total. The topological polar surface area (TPSA) is 49.3 Å². The molecule has 0 atom stereocenters. The standard InChI is InChI=1S/C11H19NO2/c13-10(14)2-1-7-12-8-11(5-6-11)9-3-4-9/h9,12H,1-8H2,(H,13,14). The van der Waals surface area contributed by atoms with Crippen LogP contribution in [-0.2, 0) is 4.79 Å². The van der Waals surface area contributed by atoms with Gasteiger partial charge in [-0.15, -0.1) is 0 Å². The molecule has 0 saturated heterocycles. The highest BCUT2D eigenvalue weighted by atomic mass is 16.4. The van der Waals surface area contributed by atoms with Crippen molar-refractivity contribution in [3.63, 3.8) is 0 Å². The molecular weight excluding hydrogens is 178 g/mol. The largest absolute Gasteiger partial charge is 0.481 e. The third kappa shape index (κ3) is 2.47. The molecule has 2 rings (SSSR count). The molecule has 0 unspecified atom stereocenters. The smallest absolute Gasteiger partial charge is 0.303 e. The molecule has 0 heterocycles. The minimum atomic E-state index is -0.685. The molecular formula is C11H19NO2. The average Bonchev–Trinajstić information content (AvgIpc) is 2.98. The summed E-state index contributed by atoms with van der Waals surface area (Å²) in [5.74, 6) is 0.310. The Hall–Kier alpha value is -0.570. The zero-order valence-electron chi connectivity index (χ0n) is 8.59. The molecule has 0 aromatic heterocycles. The van der Waals surface area contributed by atoms with Gasteiger partial charge in [0.05, 0.1) is 0 Å². The van der Waals surface area contributed by atoms with Crippen LogP contribution in [0, 0.1) is 11.3 Å². The summed E-state index contributed by atoms with van der Waals surface area (Å²) in [6.07, 6.45) is 6.69. The van der Waals surface area contributed by atoms with E-state index in [2.05, 4.69) is 5.32 Å². The van der Waals surface area contributed by atoms with Crippen LogP contribution in [-0.4, -0.2) is 24.2 Å². The van der Waals surface area contributed by atoms with Gasteiger partial charge in [-0.3, -0.25) is 4.79 Å². The number of hydrogen-bond acceptors (Lipinski definition) is 2. The molecule has 0 bridgehead atoms. The van der Waals surface area contributed by atoms with Crippen LogP contribution in [0.2, 0.25) is 0 Å². The fourth-order valence-electron chi connectivity index (χ4n) is 2.29. The number of carboxylic acids is 1. The van der Waals surface area contributed by atoms with Gasteiger partial charge in [-0.05, 0) is 50.0 Å². The summed E-state index contributed by atoms with van der Waals surface area (Å²) in [7, 11) is 0. The lowest BCUT2D eigenvalue weighted by atomic mass is 10.0. The van der Waals surface area contributed by atoms with E-state index < -0.39 is 5.97 Å². The van der Waals surface area contributed by atoms with Crippen LogP contribution in [0.4, 0.5) is 0 Å². The Morgan fingerprint density at radius 1 is 1.43 bits per heavy atom. The Labute approximate surface area is 84.9 Å². The van der Waals surface area contributed by atoms with Gasteiger partial charge in [-0.2, -0.15) is 0 Å². The van der Waals surface area contributed by atoms with Gasteiger partial charge in [-0.25, -0.2) is 0 Å². The number of carboxylic acid groups (broad SMARTS) is 1. The number of hydrogen-bond donors (Lipinski definition) is 2. The summed E-state index contributed by atoms with van der Waals surface area (Å²) in [5.41, 5.74) is 0.642. The molecule has 3 heteroatoms. The summed E-state index contributed by atoms with van der Waals surface area (Å²) < 4.78 is 0. The van der Waals surface area contributed by atoms with Crippen LogP contribution in [0.15, 0.2) is 0 Å². The van der Waals surface area contributed by atoms with Gasteiger partial charge in [0.2, 0.25) is 0 Å². The molecule has 2 aliphatic rings. The van der Waals surface area contributed by atoms with Crippen molar-refractivity contribution >= 4 is 5.97 Å². The lowest BCUT2D eigenvalue weighted by Gasteiger charge is -2.14. The highest BCUT2D eigenvalue weighted by molar-refractivity contribution is 5.66. The first-order chi connectivity index (χ1) is 6.73. The van der Waals surface area contributed by atoms with Crippen LogP contribution in [0.25, 0.3) is 0 Å². The second kappa shape index (κ2) is 3.89. The first kappa shape index (κ1) is 9.97. The predicted molar refractivity (Wildman–Crippen MR) is 54.1 cm³/mol. The maximum atomic E-state index is 10.3. The Bertz CT molecular complexity index is 219. The van der Waals surface area contributed by atoms with Crippen molar-refractivity contribution in [2.24, 2.45) is 11.3 Å². The molecule has 0 spiro atoms. The van der Waals surface area contributed by atoms with E-state index >= 15 is 0 Å². The van der Waals surface area contributed by atoms with Crippen LogP contribution in [0.1, 0.15) is 38.5 Å². The summed E-state index contributed by atoms with van der Waals surface area (Å²) in [4.78, 5) is 10.3. The van der Waals surface area contributed by atoms with Crippen molar-refractivity contribution in [1.82, 2.24) is 5.32 Å². The normalized spacial score (nSPS) is 23.4. The van der Waals surface area contributed by atoms with Crippen molar-refractivity contribution in [3.8, 4) is 0 Å². The zero-order valence-corrected chi connectivity index (χ0v) is 8.59. The van der Waals surface area contributed by atoms with Crippen molar-refractivity contribution in [2.75, 3.05) is 13.1 Å². The fraction of sp³-hybridized carbons (Fsp3) is 0.909. The molecule has 2 aliphatic carbocycles. The van der Waals surface area contributed by atoms with E-state index in [1.165, 1.54) is 25.7 Å².